The number of rotatable bonds is 7. The standard InChI is InChI=1S/C10H16N4O4/c1-18-8(9(15)16)5-13-10(17)12-3-2-7-4-11-6-14-7/h4,6,8H,2-3,5H2,1H3,(H,11,14)(H,15,16)(H2,12,13,17). The molecule has 8 nitrogen and oxygen atoms in total. The number of carboxylic acids is 1. The van der Waals surface area contributed by atoms with Crippen molar-refractivity contribution < 1.29 is 19.4 Å². The van der Waals surface area contributed by atoms with Crippen LogP contribution in [0.3, 0.4) is 0 Å². The van der Waals surface area contributed by atoms with E-state index in [1.165, 1.54) is 7.11 Å². The number of amides is 2. The second kappa shape index (κ2) is 7.28. The van der Waals surface area contributed by atoms with Gasteiger partial charge in [0.15, 0.2) is 6.10 Å². The highest BCUT2D eigenvalue weighted by Gasteiger charge is 2.16. The lowest BCUT2D eigenvalue weighted by molar-refractivity contribution is -0.147. The lowest BCUT2D eigenvalue weighted by Gasteiger charge is -2.12. The van der Waals surface area contributed by atoms with Crippen molar-refractivity contribution in [3.05, 3.63) is 18.2 Å². The molecule has 1 atom stereocenters. The number of hydrogen-bond acceptors (Lipinski definition) is 4. The number of aromatic nitrogens is 2. The van der Waals surface area contributed by atoms with Gasteiger partial charge < -0.3 is 25.5 Å². The van der Waals surface area contributed by atoms with Crippen molar-refractivity contribution in [2.45, 2.75) is 12.5 Å². The number of ether oxygens (including phenoxy) is 1. The van der Waals surface area contributed by atoms with E-state index in [1.807, 2.05) is 0 Å². The molecule has 0 aliphatic rings. The van der Waals surface area contributed by atoms with E-state index in [0.29, 0.717) is 13.0 Å². The number of carbonyl (C=O) groups is 2. The molecule has 1 rings (SSSR count). The number of H-pyrrole nitrogens is 1. The van der Waals surface area contributed by atoms with Gasteiger partial charge >= 0.3 is 12.0 Å². The first-order valence-electron chi connectivity index (χ1n) is 5.38. The Balaban J connectivity index is 2.15. The summed E-state index contributed by atoms with van der Waals surface area (Å²) < 4.78 is 4.67. The Bertz CT molecular complexity index is 379. The first-order chi connectivity index (χ1) is 8.63. The van der Waals surface area contributed by atoms with Gasteiger partial charge in [-0.3, -0.25) is 0 Å². The molecule has 4 N–H and O–H groups in total. The number of aromatic amines is 1. The van der Waals surface area contributed by atoms with Gasteiger partial charge in [-0.2, -0.15) is 0 Å². The molecule has 0 bridgehead atoms. The minimum atomic E-state index is -1.12. The van der Waals surface area contributed by atoms with Crippen molar-refractivity contribution >= 4 is 12.0 Å². The topological polar surface area (TPSA) is 116 Å². The molecule has 0 radical (unpaired) electrons. The third-order valence-electron chi connectivity index (χ3n) is 2.24. The number of carbonyl (C=O) groups excluding carboxylic acids is 1. The highest BCUT2D eigenvalue weighted by atomic mass is 16.5. The Hall–Kier alpha value is -2.09. The van der Waals surface area contributed by atoms with Crippen LogP contribution in [-0.4, -0.2) is 53.4 Å². The summed E-state index contributed by atoms with van der Waals surface area (Å²) in [7, 11) is 1.27. The monoisotopic (exact) mass is 256 g/mol. The number of methoxy groups -OCH3 is 1. The molecule has 0 aliphatic carbocycles. The van der Waals surface area contributed by atoms with E-state index in [9.17, 15) is 9.59 Å². The average molecular weight is 256 g/mol. The first kappa shape index (κ1) is 14.0. The lowest BCUT2D eigenvalue weighted by atomic mass is 10.3. The maximum absolute atomic E-state index is 11.3. The van der Waals surface area contributed by atoms with Crippen LogP contribution < -0.4 is 10.6 Å². The van der Waals surface area contributed by atoms with E-state index < -0.39 is 18.1 Å². The summed E-state index contributed by atoms with van der Waals surface area (Å²) in [5.74, 6) is -1.12. The largest absolute Gasteiger partial charge is 0.479 e. The Labute approximate surface area is 104 Å². The zero-order valence-electron chi connectivity index (χ0n) is 9.97. The summed E-state index contributed by atoms with van der Waals surface area (Å²) in [6.07, 6.45) is 2.82. The number of nitrogens with zero attached hydrogens (tertiary/aromatic N) is 1. The van der Waals surface area contributed by atoms with Gasteiger partial charge in [0.05, 0.1) is 12.9 Å². The van der Waals surface area contributed by atoms with Crippen molar-refractivity contribution in [3.63, 3.8) is 0 Å². The van der Waals surface area contributed by atoms with Crippen LogP contribution in [-0.2, 0) is 16.0 Å². The lowest BCUT2D eigenvalue weighted by Crippen LogP contribution is -2.43. The molecule has 1 aromatic heterocycles. The predicted molar refractivity (Wildman–Crippen MR) is 62.1 cm³/mol. The van der Waals surface area contributed by atoms with Crippen molar-refractivity contribution in [1.82, 2.24) is 20.6 Å². The van der Waals surface area contributed by atoms with Crippen LogP contribution in [0.5, 0.6) is 0 Å². The minimum absolute atomic E-state index is 0.0816. The molecule has 0 fully saturated rings. The summed E-state index contributed by atoms with van der Waals surface area (Å²) in [5, 5.41) is 13.7. The van der Waals surface area contributed by atoms with Crippen LogP contribution in [0, 0.1) is 0 Å². The molecule has 8 heteroatoms. The van der Waals surface area contributed by atoms with Gasteiger partial charge in [-0.15, -0.1) is 0 Å². The van der Waals surface area contributed by atoms with Crippen LogP contribution in [0.4, 0.5) is 4.79 Å². The Morgan fingerprint density at radius 2 is 2.33 bits per heavy atom. The Morgan fingerprint density at radius 3 is 2.89 bits per heavy atom. The van der Waals surface area contributed by atoms with Crippen LogP contribution in [0.25, 0.3) is 0 Å². The fourth-order valence-electron chi connectivity index (χ4n) is 1.25. The van der Waals surface area contributed by atoms with Crippen molar-refractivity contribution in [1.29, 1.82) is 0 Å². The van der Waals surface area contributed by atoms with Crippen LogP contribution in [0.1, 0.15) is 5.69 Å². The zero-order chi connectivity index (χ0) is 13.4. The van der Waals surface area contributed by atoms with E-state index >= 15 is 0 Å². The zero-order valence-corrected chi connectivity index (χ0v) is 9.97. The molecule has 18 heavy (non-hydrogen) atoms. The van der Waals surface area contributed by atoms with E-state index in [0.717, 1.165) is 5.69 Å². The molecule has 0 aromatic carbocycles. The van der Waals surface area contributed by atoms with Gasteiger partial charge in [-0.25, -0.2) is 14.6 Å². The molecule has 0 spiro atoms. The van der Waals surface area contributed by atoms with Gasteiger partial charge in [0, 0.05) is 32.0 Å². The third kappa shape index (κ3) is 4.83. The molecule has 2 amide bonds. The second-order valence-corrected chi connectivity index (χ2v) is 3.53. The molecule has 0 saturated heterocycles. The second-order valence-electron chi connectivity index (χ2n) is 3.53. The quantitative estimate of drug-likeness (QED) is 0.517. The number of carboxylic acid groups (broad SMARTS) is 1. The van der Waals surface area contributed by atoms with Gasteiger partial charge in [-0.1, -0.05) is 0 Å². The van der Waals surface area contributed by atoms with Crippen molar-refractivity contribution in [3.8, 4) is 0 Å². The van der Waals surface area contributed by atoms with Gasteiger partial charge in [0.2, 0.25) is 0 Å². The van der Waals surface area contributed by atoms with Gasteiger partial charge in [0.25, 0.3) is 0 Å². The average Bonchev–Trinajstić information content (AvgIpc) is 2.82. The summed E-state index contributed by atoms with van der Waals surface area (Å²) in [6.45, 7) is 0.348. The normalized spacial score (nSPS) is 11.8. The maximum atomic E-state index is 11.3. The molecule has 1 unspecified atom stereocenters. The van der Waals surface area contributed by atoms with E-state index in [1.54, 1.807) is 12.5 Å². The highest BCUT2D eigenvalue weighted by molar-refractivity contribution is 5.76. The van der Waals surface area contributed by atoms with Crippen LogP contribution in [0.2, 0.25) is 0 Å². The third-order valence-corrected chi connectivity index (χ3v) is 2.24. The van der Waals surface area contributed by atoms with Gasteiger partial charge in [-0.05, 0) is 0 Å². The van der Waals surface area contributed by atoms with Crippen molar-refractivity contribution in [2.24, 2.45) is 0 Å². The van der Waals surface area contributed by atoms with E-state index in [4.69, 9.17) is 5.11 Å². The summed E-state index contributed by atoms with van der Waals surface area (Å²) >= 11 is 0. The van der Waals surface area contributed by atoms with E-state index in [2.05, 4.69) is 25.3 Å². The molecule has 1 heterocycles. The minimum Gasteiger partial charge on any atom is -0.479 e. The maximum Gasteiger partial charge on any atom is 0.334 e. The summed E-state index contributed by atoms with van der Waals surface area (Å²) in [4.78, 5) is 28.7. The molecule has 0 aliphatic heterocycles. The highest BCUT2D eigenvalue weighted by Crippen LogP contribution is 1.90. The smallest absolute Gasteiger partial charge is 0.334 e. The number of hydrogen-bond donors (Lipinski definition) is 4. The fourth-order valence-corrected chi connectivity index (χ4v) is 1.25. The summed E-state index contributed by atoms with van der Waals surface area (Å²) in [5.41, 5.74) is 0.913. The summed E-state index contributed by atoms with van der Waals surface area (Å²) in [6, 6.07) is -0.433. The SMILES string of the molecule is COC(CNC(=O)NCCc1cnc[nH]1)C(=O)O. The first-order valence-corrected chi connectivity index (χ1v) is 5.38. The fraction of sp³-hybridized carbons (Fsp3) is 0.500. The predicted octanol–water partition coefficient (Wildman–Crippen LogP) is -0.649. The van der Waals surface area contributed by atoms with Crippen molar-refractivity contribution in [2.75, 3.05) is 20.2 Å². The number of aliphatic carboxylic acids is 1. The molecule has 1 aromatic rings. The number of imidazole rings is 1. The Kier molecular flexibility index (Phi) is 5.65. The van der Waals surface area contributed by atoms with Gasteiger partial charge in [0.1, 0.15) is 0 Å². The van der Waals surface area contributed by atoms with Crippen LogP contribution in [0.15, 0.2) is 12.5 Å². The Morgan fingerprint density at radius 1 is 1.56 bits per heavy atom. The van der Waals surface area contributed by atoms with Crippen LogP contribution >= 0.6 is 0 Å². The van der Waals surface area contributed by atoms with E-state index in [-0.39, 0.29) is 6.54 Å². The molecule has 0 saturated carbocycles. The molecular weight excluding hydrogens is 240 g/mol. The number of nitrogens with one attached hydrogen (secondary N) is 3. The number of urea groups is 1. The molecular formula is C10H16N4O4. The molecule has 100 valence electrons.